The van der Waals surface area contributed by atoms with Gasteiger partial charge in [0, 0.05) is 13.5 Å². The van der Waals surface area contributed by atoms with E-state index in [1.165, 1.54) is 0 Å². The van der Waals surface area contributed by atoms with E-state index >= 15 is 0 Å². The summed E-state index contributed by atoms with van der Waals surface area (Å²) in [5.41, 5.74) is -0.121. The molecule has 1 rings (SSSR count). The van der Waals surface area contributed by atoms with Crippen LogP contribution in [0.3, 0.4) is 0 Å². The van der Waals surface area contributed by atoms with E-state index in [9.17, 15) is 4.79 Å². The van der Waals surface area contributed by atoms with Crippen LogP contribution in [-0.2, 0) is 9.53 Å². The van der Waals surface area contributed by atoms with Crippen LogP contribution >= 0.6 is 0 Å². The average Bonchev–Trinajstić information content (AvgIpc) is 2.06. The lowest BCUT2D eigenvalue weighted by atomic mass is 10.0. The van der Waals surface area contributed by atoms with Crippen LogP contribution in [0.5, 0.6) is 0 Å². The Morgan fingerprint density at radius 3 is 2.23 bits per heavy atom. The van der Waals surface area contributed by atoms with Crippen LogP contribution in [-0.4, -0.2) is 36.1 Å². The third-order valence-corrected chi connectivity index (χ3v) is 2.03. The van der Waals surface area contributed by atoms with Gasteiger partial charge in [-0.25, -0.2) is 0 Å². The van der Waals surface area contributed by atoms with Gasteiger partial charge in [0.1, 0.15) is 0 Å². The standard InChI is InChI=1S/C8H15NO2.C2H6/c1-7(10)9-4-5-11-6-8(9,2)3;1-2/h4-6H2,1-3H3;1-2H3. The van der Waals surface area contributed by atoms with Crippen LogP contribution in [0.15, 0.2) is 0 Å². The SMILES string of the molecule is CC.CC(=O)N1CCOCC1(C)C. The molecule has 0 aromatic heterocycles. The maximum atomic E-state index is 11.1. The van der Waals surface area contributed by atoms with Gasteiger partial charge in [0.25, 0.3) is 0 Å². The maximum absolute atomic E-state index is 11.1. The van der Waals surface area contributed by atoms with Crippen LogP contribution in [0.25, 0.3) is 0 Å². The Kier molecular flexibility index (Phi) is 4.99. The van der Waals surface area contributed by atoms with E-state index in [1.54, 1.807) is 6.92 Å². The van der Waals surface area contributed by atoms with Gasteiger partial charge >= 0.3 is 0 Å². The summed E-state index contributed by atoms with van der Waals surface area (Å²) in [6.07, 6.45) is 0. The van der Waals surface area contributed by atoms with Crippen molar-refractivity contribution < 1.29 is 9.53 Å². The first-order valence-corrected chi connectivity index (χ1v) is 4.90. The number of nitrogens with zero attached hydrogens (tertiary/aromatic N) is 1. The molecular weight excluding hydrogens is 166 g/mol. The predicted molar refractivity (Wildman–Crippen MR) is 53.6 cm³/mol. The number of carbonyl (C=O) groups is 1. The minimum atomic E-state index is -0.121. The molecule has 1 aliphatic rings. The number of rotatable bonds is 0. The Morgan fingerprint density at radius 2 is 1.92 bits per heavy atom. The van der Waals surface area contributed by atoms with E-state index in [1.807, 2.05) is 32.6 Å². The third-order valence-electron chi connectivity index (χ3n) is 2.03. The summed E-state index contributed by atoms with van der Waals surface area (Å²) in [6.45, 7) is 11.7. The second-order valence-corrected chi connectivity index (χ2v) is 3.54. The van der Waals surface area contributed by atoms with Crippen molar-refractivity contribution in [3.8, 4) is 0 Å². The summed E-state index contributed by atoms with van der Waals surface area (Å²) in [5.74, 6) is 0.137. The van der Waals surface area contributed by atoms with Crippen molar-refractivity contribution in [3.05, 3.63) is 0 Å². The molecule has 1 saturated heterocycles. The zero-order valence-corrected chi connectivity index (χ0v) is 9.39. The van der Waals surface area contributed by atoms with Gasteiger partial charge in [0.05, 0.1) is 18.8 Å². The van der Waals surface area contributed by atoms with Gasteiger partial charge in [-0.2, -0.15) is 0 Å². The lowest BCUT2D eigenvalue weighted by Crippen LogP contribution is -2.54. The minimum absolute atomic E-state index is 0.121. The van der Waals surface area contributed by atoms with Crippen molar-refractivity contribution in [3.63, 3.8) is 0 Å². The Morgan fingerprint density at radius 1 is 1.38 bits per heavy atom. The van der Waals surface area contributed by atoms with Gasteiger partial charge in [0.2, 0.25) is 5.91 Å². The molecule has 13 heavy (non-hydrogen) atoms. The van der Waals surface area contributed by atoms with Crippen LogP contribution in [0.1, 0.15) is 34.6 Å². The number of ether oxygens (including phenoxy) is 1. The fraction of sp³-hybridized carbons (Fsp3) is 0.900. The average molecular weight is 187 g/mol. The molecule has 0 saturated carbocycles. The topological polar surface area (TPSA) is 29.5 Å². The highest BCUT2D eigenvalue weighted by molar-refractivity contribution is 5.74. The van der Waals surface area contributed by atoms with E-state index in [0.717, 1.165) is 6.54 Å². The summed E-state index contributed by atoms with van der Waals surface area (Å²) < 4.78 is 5.27. The Balaban J connectivity index is 0.000000671. The van der Waals surface area contributed by atoms with Crippen molar-refractivity contribution in [2.75, 3.05) is 19.8 Å². The van der Waals surface area contributed by atoms with E-state index in [2.05, 4.69) is 0 Å². The minimum Gasteiger partial charge on any atom is -0.377 e. The zero-order chi connectivity index (χ0) is 10.5. The van der Waals surface area contributed by atoms with Crippen molar-refractivity contribution in [1.29, 1.82) is 0 Å². The number of carbonyl (C=O) groups excluding carboxylic acids is 1. The lowest BCUT2D eigenvalue weighted by Gasteiger charge is -2.41. The molecule has 1 amide bonds. The molecule has 0 aromatic rings. The molecule has 0 atom stereocenters. The summed E-state index contributed by atoms with van der Waals surface area (Å²) in [5, 5.41) is 0. The first-order chi connectivity index (χ1) is 6.04. The monoisotopic (exact) mass is 187 g/mol. The van der Waals surface area contributed by atoms with Gasteiger partial charge in [-0.1, -0.05) is 13.8 Å². The molecule has 3 heteroatoms. The van der Waals surface area contributed by atoms with Gasteiger partial charge in [-0.05, 0) is 13.8 Å². The first kappa shape index (κ1) is 12.4. The summed E-state index contributed by atoms with van der Waals surface area (Å²) in [6, 6.07) is 0. The highest BCUT2D eigenvalue weighted by Crippen LogP contribution is 2.18. The quantitative estimate of drug-likeness (QED) is 0.577. The first-order valence-electron chi connectivity index (χ1n) is 4.90. The number of hydrogen-bond donors (Lipinski definition) is 0. The molecule has 0 radical (unpaired) electrons. The second kappa shape index (κ2) is 5.22. The van der Waals surface area contributed by atoms with E-state index in [0.29, 0.717) is 13.2 Å². The van der Waals surface area contributed by atoms with E-state index in [-0.39, 0.29) is 11.4 Å². The summed E-state index contributed by atoms with van der Waals surface area (Å²) in [4.78, 5) is 12.9. The summed E-state index contributed by atoms with van der Waals surface area (Å²) >= 11 is 0. The van der Waals surface area contributed by atoms with E-state index in [4.69, 9.17) is 4.74 Å². The Labute approximate surface area is 81.1 Å². The molecule has 3 nitrogen and oxygen atoms in total. The van der Waals surface area contributed by atoms with E-state index < -0.39 is 0 Å². The van der Waals surface area contributed by atoms with Crippen molar-refractivity contribution >= 4 is 5.91 Å². The second-order valence-electron chi connectivity index (χ2n) is 3.54. The molecule has 0 aliphatic carbocycles. The van der Waals surface area contributed by atoms with Crippen molar-refractivity contribution in [1.82, 2.24) is 4.90 Å². The molecular formula is C10H21NO2. The molecule has 1 aliphatic heterocycles. The largest absolute Gasteiger partial charge is 0.377 e. The Hall–Kier alpha value is -0.570. The van der Waals surface area contributed by atoms with Gasteiger partial charge < -0.3 is 9.64 Å². The van der Waals surface area contributed by atoms with Crippen LogP contribution in [0, 0.1) is 0 Å². The van der Waals surface area contributed by atoms with Crippen LogP contribution < -0.4 is 0 Å². The fourth-order valence-corrected chi connectivity index (χ4v) is 1.44. The summed E-state index contributed by atoms with van der Waals surface area (Å²) in [7, 11) is 0. The molecule has 78 valence electrons. The zero-order valence-electron chi connectivity index (χ0n) is 9.39. The highest BCUT2D eigenvalue weighted by Gasteiger charge is 2.31. The molecule has 0 unspecified atom stereocenters. The molecule has 0 spiro atoms. The lowest BCUT2D eigenvalue weighted by molar-refractivity contribution is -0.143. The molecule has 0 bridgehead atoms. The Bertz CT molecular complexity index is 166. The van der Waals surface area contributed by atoms with Gasteiger partial charge in [-0.3, -0.25) is 4.79 Å². The molecule has 1 fully saturated rings. The molecule has 1 heterocycles. The van der Waals surface area contributed by atoms with Crippen molar-refractivity contribution in [2.24, 2.45) is 0 Å². The third kappa shape index (κ3) is 3.35. The van der Waals surface area contributed by atoms with Crippen LogP contribution in [0.2, 0.25) is 0 Å². The predicted octanol–water partition coefficient (Wildman–Crippen LogP) is 1.67. The number of morpholine rings is 1. The highest BCUT2D eigenvalue weighted by atomic mass is 16.5. The molecule has 0 aromatic carbocycles. The number of amides is 1. The van der Waals surface area contributed by atoms with Crippen molar-refractivity contribution in [2.45, 2.75) is 40.2 Å². The van der Waals surface area contributed by atoms with Gasteiger partial charge in [0.15, 0.2) is 0 Å². The number of hydrogen-bond acceptors (Lipinski definition) is 2. The smallest absolute Gasteiger partial charge is 0.220 e. The maximum Gasteiger partial charge on any atom is 0.220 e. The molecule has 0 N–H and O–H groups in total. The fourth-order valence-electron chi connectivity index (χ4n) is 1.44. The normalized spacial score (nSPS) is 20.2. The van der Waals surface area contributed by atoms with Gasteiger partial charge in [-0.15, -0.1) is 0 Å². The van der Waals surface area contributed by atoms with Crippen LogP contribution in [0.4, 0.5) is 0 Å².